The van der Waals surface area contributed by atoms with Gasteiger partial charge in [-0.2, -0.15) is 0 Å². The Morgan fingerprint density at radius 1 is 1.12 bits per heavy atom. The van der Waals surface area contributed by atoms with E-state index in [0.717, 1.165) is 26.9 Å². The Hall–Kier alpha value is -3.12. The zero-order chi connectivity index (χ0) is 18.1. The molecule has 4 aromatic rings. The maximum Gasteiger partial charge on any atom is 0.261 e. The summed E-state index contributed by atoms with van der Waals surface area (Å²) >= 11 is 1.34. The molecule has 2 N–H and O–H groups in total. The third-order valence-electron chi connectivity index (χ3n) is 4.21. The Balaban J connectivity index is 1.64. The summed E-state index contributed by atoms with van der Waals surface area (Å²) in [6, 6.07) is 16.8. The Bertz CT molecular complexity index is 1180. The van der Waals surface area contributed by atoms with E-state index < -0.39 is 0 Å². The number of hydrogen-bond acceptors (Lipinski definition) is 4. The summed E-state index contributed by atoms with van der Waals surface area (Å²) in [6.07, 6.45) is 0. The summed E-state index contributed by atoms with van der Waals surface area (Å²) in [5.74, 6) is 0.550. The number of nitrogens with one attached hydrogen (secondary N) is 2. The molecule has 0 aliphatic carbocycles. The fourth-order valence-corrected chi connectivity index (χ4v) is 4.01. The van der Waals surface area contributed by atoms with Crippen LogP contribution in [0.25, 0.3) is 21.0 Å². The van der Waals surface area contributed by atoms with Crippen LogP contribution in [-0.4, -0.2) is 18.0 Å². The summed E-state index contributed by atoms with van der Waals surface area (Å²) in [7, 11) is 1.61. The van der Waals surface area contributed by atoms with Gasteiger partial charge in [-0.05, 0) is 29.8 Å². The molecular formula is C20H16N2O3S. The SMILES string of the molecule is COc1cccc(CNC(=O)c2cc3c(=O)[nH]c4ccccc4c3s2)c1. The predicted molar refractivity (Wildman–Crippen MR) is 104 cm³/mol. The number of amides is 1. The average Bonchev–Trinajstić information content (AvgIpc) is 3.13. The highest BCUT2D eigenvalue weighted by Crippen LogP contribution is 2.29. The van der Waals surface area contributed by atoms with Crippen LogP contribution >= 0.6 is 11.3 Å². The maximum atomic E-state index is 12.5. The molecule has 0 spiro atoms. The molecule has 26 heavy (non-hydrogen) atoms. The minimum Gasteiger partial charge on any atom is -0.497 e. The van der Waals surface area contributed by atoms with Crippen LogP contribution in [0.2, 0.25) is 0 Å². The van der Waals surface area contributed by atoms with E-state index >= 15 is 0 Å². The van der Waals surface area contributed by atoms with Gasteiger partial charge in [-0.3, -0.25) is 9.59 Å². The second kappa shape index (κ2) is 6.65. The van der Waals surface area contributed by atoms with Crippen LogP contribution in [-0.2, 0) is 6.54 Å². The maximum absolute atomic E-state index is 12.5. The first-order valence-electron chi connectivity index (χ1n) is 8.11. The van der Waals surface area contributed by atoms with Crippen LogP contribution in [0.15, 0.2) is 59.4 Å². The van der Waals surface area contributed by atoms with E-state index in [2.05, 4.69) is 10.3 Å². The Labute approximate surface area is 153 Å². The number of fused-ring (bicyclic) bond motifs is 3. The Kier molecular flexibility index (Phi) is 4.18. The van der Waals surface area contributed by atoms with Crippen molar-refractivity contribution in [3.63, 3.8) is 0 Å². The highest BCUT2D eigenvalue weighted by molar-refractivity contribution is 7.21. The third-order valence-corrected chi connectivity index (χ3v) is 5.37. The number of H-pyrrole nitrogens is 1. The van der Waals surface area contributed by atoms with Gasteiger partial charge in [0.25, 0.3) is 11.5 Å². The minimum atomic E-state index is -0.197. The number of ether oxygens (including phenoxy) is 1. The lowest BCUT2D eigenvalue weighted by Gasteiger charge is -2.05. The van der Waals surface area contributed by atoms with Crippen molar-refractivity contribution in [1.29, 1.82) is 0 Å². The minimum absolute atomic E-state index is 0.179. The quantitative estimate of drug-likeness (QED) is 0.580. The molecular weight excluding hydrogens is 348 g/mol. The summed E-state index contributed by atoms with van der Waals surface area (Å²) < 4.78 is 6.02. The van der Waals surface area contributed by atoms with Gasteiger partial charge in [-0.1, -0.05) is 30.3 Å². The van der Waals surface area contributed by atoms with Gasteiger partial charge in [-0.25, -0.2) is 0 Å². The molecule has 0 radical (unpaired) electrons. The molecule has 0 atom stereocenters. The standard InChI is InChI=1S/C20H16N2O3S/c1-25-13-6-4-5-12(9-13)11-21-20(24)17-10-15-18(26-17)14-7-2-3-8-16(14)22-19(15)23/h2-10H,11H2,1H3,(H,21,24)(H,22,23). The molecule has 0 saturated carbocycles. The number of carbonyl (C=O) groups excluding carboxylic acids is 1. The smallest absolute Gasteiger partial charge is 0.261 e. The molecule has 6 heteroatoms. The number of carbonyl (C=O) groups is 1. The molecule has 1 amide bonds. The van der Waals surface area contributed by atoms with E-state index in [4.69, 9.17) is 4.74 Å². The largest absolute Gasteiger partial charge is 0.497 e. The summed E-state index contributed by atoms with van der Waals surface area (Å²) in [5.41, 5.74) is 1.54. The fourth-order valence-electron chi connectivity index (χ4n) is 2.90. The molecule has 0 saturated heterocycles. The van der Waals surface area contributed by atoms with E-state index in [9.17, 15) is 9.59 Å². The van der Waals surface area contributed by atoms with Gasteiger partial charge in [0.15, 0.2) is 0 Å². The van der Waals surface area contributed by atoms with Gasteiger partial charge in [0.2, 0.25) is 0 Å². The van der Waals surface area contributed by atoms with Crippen LogP contribution in [0.1, 0.15) is 15.2 Å². The lowest BCUT2D eigenvalue weighted by Crippen LogP contribution is -2.21. The van der Waals surface area contributed by atoms with Gasteiger partial charge in [0.1, 0.15) is 5.75 Å². The number of para-hydroxylation sites is 1. The van der Waals surface area contributed by atoms with Crippen LogP contribution in [0, 0.1) is 0 Å². The molecule has 0 aliphatic rings. The van der Waals surface area contributed by atoms with Gasteiger partial charge >= 0.3 is 0 Å². The van der Waals surface area contributed by atoms with Gasteiger partial charge < -0.3 is 15.0 Å². The van der Waals surface area contributed by atoms with Crippen molar-refractivity contribution in [2.75, 3.05) is 7.11 Å². The predicted octanol–water partition coefficient (Wildman–Crippen LogP) is 3.68. The number of pyridine rings is 1. The molecule has 0 aliphatic heterocycles. The van der Waals surface area contributed by atoms with Gasteiger partial charge in [0, 0.05) is 22.1 Å². The van der Waals surface area contributed by atoms with E-state index in [1.54, 1.807) is 13.2 Å². The number of benzene rings is 2. The number of thiophene rings is 1. The molecule has 0 bridgehead atoms. The first-order valence-corrected chi connectivity index (χ1v) is 8.93. The van der Waals surface area contributed by atoms with Crippen LogP contribution < -0.4 is 15.6 Å². The van der Waals surface area contributed by atoms with Crippen molar-refractivity contribution >= 4 is 38.2 Å². The van der Waals surface area contributed by atoms with Crippen LogP contribution in [0.4, 0.5) is 0 Å². The monoisotopic (exact) mass is 364 g/mol. The highest BCUT2D eigenvalue weighted by atomic mass is 32.1. The first-order chi connectivity index (χ1) is 12.7. The number of methoxy groups -OCH3 is 1. The fraction of sp³-hybridized carbons (Fsp3) is 0.100. The summed E-state index contributed by atoms with van der Waals surface area (Å²) in [4.78, 5) is 28.2. The molecule has 0 unspecified atom stereocenters. The van der Waals surface area contributed by atoms with Crippen LogP contribution in [0.5, 0.6) is 5.75 Å². The van der Waals surface area contributed by atoms with Crippen molar-refractivity contribution in [3.8, 4) is 5.75 Å². The second-order valence-corrected chi connectivity index (χ2v) is 6.94. The van der Waals surface area contributed by atoms with Gasteiger partial charge in [-0.15, -0.1) is 11.3 Å². The van der Waals surface area contributed by atoms with Gasteiger partial charge in [0.05, 0.1) is 17.4 Å². The van der Waals surface area contributed by atoms with Crippen molar-refractivity contribution in [2.45, 2.75) is 6.54 Å². The lowest BCUT2D eigenvalue weighted by atomic mass is 10.2. The van der Waals surface area contributed by atoms with E-state index in [0.29, 0.717) is 16.8 Å². The summed E-state index contributed by atoms with van der Waals surface area (Å²) in [5, 5.41) is 4.38. The molecule has 2 heterocycles. The van der Waals surface area contributed by atoms with Crippen molar-refractivity contribution in [2.24, 2.45) is 0 Å². The van der Waals surface area contributed by atoms with E-state index in [1.165, 1.54) is 11.3 Å². The molecule has 5 nitrogen and oxygen atoms in total. The Morgan fingerprint density at radius 2 is 1.96 bits per heavy atom. The van der Waals surface area contributed by atoms with Crippen molar-refractivity contribution in [3.05, 3.63) is 75.4 Å². The normalized spacial score (nSPS) is 11.0. The van der Waals surface area contributed by atoms with Crippen molar-refractivity contribution in [1.82, 2.24) is 10.3 Å². The average molecular weight is 364 g/mol. The van der Waals surface area contributed by atoms with Crippen molar-refractivity contribution < 1.29 is 9.53 Å². The van der Waals surface area contributed by atoms with E-state index in [-0.39, 0.29) is 11.5 Å². The topological polar surface area (TPSA) is 71.2 Å². The second-order valence-electron chi connectivity index (χ2n) is 5.89. The number of rotatable bonds is 4. The molecule has 130 valence electrons. The summed E-state index contributed by atoms with van der Waals surface area (Å²) in [6.45, 7) is 0.390. The molecule has 2 aromatic carbocycles. The number of aromatic nitrogens is 1. The first kappa shape index (κ1) is 16.4. The highest BCUT2D eigenvalue weighted by Gasteiger charge is 2.14. The third kappa shape index (κ3) is 2.95. The Morgan fingerprint density at radius 3 is 2.81 bits per heavy atom. The molecule has 4 rings (SSSR count). The van der Waals surface area contributed by atoms with Crippen LogP contribution in [0.3, 0.4) is 0 Å². The zero-order valence-corrected chi connectivity index (χ0v) is 14.9. The number of hydrogen-bond donors (Lipinski definition) is 2. The molecule has 2 aromatic heterocycles. The van der Waals surface area contributed by atoms with E-state index in [1.807, 2.05) is 48.5 Å². The lowest BCUT2D eigenvalue weighted by molar-refractivity contribution is 0.0955. The molecule has 0 fully saturated rings. The number of aromatic amines is 1. The zero-order valence-electron chi connectivity index (χ0n) is 14.0.